The van der Waals surface area contributed by atoms with E-state index in [4.69, 9.17) is 0 Å². The number of aryl methyl sites for hydroxylation is 1. The van der Waals surface area contributed by atoms with Gasteiger partial charge in [0.2, 0.25) is 4.80 Å². The number of pyridine rings is 1. The fraction of sp³-hybridized carbons (Fsp3) is 0.0714. The molecule has 2 aromatic heterocycles. The Balaban J connectivity index is 1.95. The van der Waals surface area contributed by atoms with Crippen LogP contribution >= 0.6 is 11.3 Å². The van der Waals surface area contributed by atoms with Gasteiger partial charge in [0, 0.05) is 13.2 Å². The van der Waals surface area contributed by atoms with Gasteiger partial charge in [0.15, 0.2) is 0 Å². The Kier molecular flexibility index (Phi) is 3.41. The summed E-state index contributed by atoms with van der Waals surface area (Å²) in [6.45, 7) is 0. The van der Waals surface area contributed by atoms with E-state index in [2.05, 4.69) is 15.5 Å². The Morgan fingerprint density at radius 2 is 2.10 bits per heavy atom. The summed E-state index contributed by atoms with van der Waals surface area (Å²) in [5.74, 6) is -0.533. The molecule has 0 fully saturated rings. The van der Waals surface area contributed by atoms with Crippen LogP contribution in [0.4, 0.5) is 0 Å². The van der Waals surface area contributed by atoms with Crippen LogP contribution in [0.2, 0.25) is 0 Å². The van der Waals surface area contributed by atoms with Gasteiger partial charge in [0.25, 0.3) is 11.5 Å². The number of H-pyrrole nitrogens is 1. The molecule has 0 aliphatic heterocycles. The predicted molar refractivity (Wildman–Crippen MR) is 80.9 cm³/mol. The predicted octanol–water partition coefficient (Wildman–Crippen LogP) is 1.17. The Bertz CT molecular complexity index is 936. The number of benzene rings is 1. The molecule has 0 spiro atoms. The van der Waals surface area contributed by atoms with E-state index in [9.17, 15) is 9.59 Å². The number of amides is 1. The average Bonchev–Trinajstić information content (AvgIpc) is 2.82. The maximum atomic E-state index is 11.9. The lowest BCUT2D eigenvalue weighted by Gasteiger charge is -1.98. The van der Waals surface area contributed by atoms with Gasteiger partial charge in [-0.3, -0.25) is 9.59 Å². The summed E-state index contributed by atoms with van der Waals surface area (Å²) < 4.78 is 2.96. The van der Waals surface area contributed by atoms with Crippen molar-refractivity contribution in [1.82, 2.24) is 15.0 Å². The van der Waals surface area contributed by atoms with Gasteiger partial charge in [0.05, 0.1) is 10.2 Å². The molecule has 2 N–H and O–H groups in total. The van der Waals surface area contributed by atoms with Crippen LogP contribution in [-0.4, -0.2) is 15.5 Å². The van der Waals surface area contributed by atoms with Crippen LogP contribution in [-0.2, 0) is 7.05 Å². The molecule has 0 unspecified atom stereocenters. The van der Waals surface area contributed by atoms with Gasteiger partial charge in [-0.15, -0.1) is 5.10 Å². The zero-order chi connectivity index (χ0) is 14.8. The van der Waals surface area contributed by atoms with Gasteiger partial charge >= 0.3 is 0 Å². The van der Waals surface area contributed by atoms with Gasteiger partial charge in [0.1, 0.15) is 5.56 Å². The maximum Gasteiger partial charge on any atom is 0.277 e. The Morgan fingerprint density at radius 3 is 2.86 bits per heavy atom. The molecule has 1 amide bonds. The number of rotatable bonds is 2. The minimum atomic E-state index is -0.533. The first-order valence-electron chi connectivity index (χ1n) is 6.23. The second-order valence-electron chi connectivity index (χ2n) is 4.38. The van der Waals surface area contributed by atoms with Crippen LogP contribution in [0.25, 0.3) is 10.2 Å². The van der Waals surface area contributed by atoms with Crippen LogP contribution in [0.1, 0.15) is 10.4 Å². The lowest BCUT2D eigenvalue weighted by molar-refractivity contribution is 0.0951. The van der Waals surface area contributed by atoms with Crippen LogP contribution in [0.15, 0.2) is 52.5 Å². The van der Waals surface area contributed by atoms with Gasteiger partial charge < -0.3 is 9.55 Å². The van der Waals surface area contributed by atoms with Crippen molar-refractivity contribution in [2.75, 3.05) is 0 Å². The first kappa shape index (κ1) is 13.3. The number of carbonyl (C=O) groups is 1. The van der Waals surface area contributed by atoms with Crippen molar-refractivity contribution in [3.63, 3.8) is 0 Å². The average molecular weight is 300 g/mol. The number of nitrogens with zero attached hydrogens (tertiary/aromatic N) is 2. The molecule has 6 nitrogen and oxygen atoms in total. The molecule has 0 saturated heterocycles. The molecule has 0 aliphatic carbocycles. The number of hydrogen-bond donors (Lipinski definition) is 2. The highest BCUT2D eigenvalue weighted by Gasteiger charge is 2.08. The summed E-state index contributed by atoms with van der Waals surface area (Å²) in [7, 11) is 1.87. The normalized spacial score (nSPS) is 11.8. The van der Waals surface area contributed by atoms with Crippen molar-refractivity contribution >= 4 is 27.5 Å². The quantitative estimate of drug-likeness (QED) is 0.697. The second kappa shape index (κ2) is 5.37. The second-order valence-corrected chi connectivity index (χ2v) is 5.39. The smallest absolute Gasteiger partial charge is 0.277 e. The number of aromatic amines is 1. The number of carbonyl (C=O) groups excluding carboxylic acids is 1. The lowest BCUT2D eigenvalue weighted by Crippen LogP contribution is -2.28. The van der Waals surface area contributed by atoms with E-state index < -0.39 is 11.5 Å². The van der Waals surface area contributed by atoms with E-state index in [0.717, 1.165) is 10.2 Å². The third kappa shape index (κ3) is 2.50. The number of aromatic nitrogens is 2. The van der Waals surface area contributed by atoms with E-state index in [-0.39, 0.29) is 5.56 Å². The summed E-state index contributed by atoms with van der Waals surface area (Å²) >= 11 is 1.46. The molecule has 2 heterocycles. The van der Waals surface area contributed by atoms with Gasteiger partial charge in [-0.25, -0.2) is 5.43 Å². The summed E-state index contributed by atoms with van der Waals surface area (Å²) in [5, 5.41) is 4.09. The van der Waals surface area contributed by atoms with Gasteiger partial charge in [-0.2, -0.15) is 0 Å². The standard InChI is InChI=1S/C14H12N4O2S/c1-18-10-6-2-3-7-11(10)21-14(18)17-16-13(20)9-5-4-8-15-12(9)19/h2-8H,1H3,(H,15,19)(H,16,20). The molecule has 0 bridgehead atoms. The minimum Gasteiger partial charge on any atom is -0.328 e. The zero-order valence-corrected chi connectivity index (χ0v) is 12.0. The Labute approximate surface area is 123 Å². The van der Waals surface area contributed by atoms with E-state index in [1.165, 1.54) is 23.6 Å². The topological polar surface area (TPSA) is 79.2 Å². The van der Waals surface area contributed by atoms with Crippen molar-refractivity contribution < 1.29 is 4.79 Å². The molecule has 0 radical (unpaired) electrons. The van der Waals surface area contributed by atoms with Crippen molar-refractivity contribution in [2.45, 2.75) is 0 Å². The highest BCUT2D eigenvalue weighted by molar-refractivity contribution is 7.16. The molecule has 0 saturated carbocycles. The number of thiazole rings is 1. The summed E-state index contributed by atoms with van der Waals surface area (Å²) in [5.41, 5.74) is 3.04. The fourth-order valence-corrected chi connectivity index (χ4v) is 2.93. The van der Waals surface area contributed by atoms with Crippen molar-refractivity contribution in [3.05, 3.63) is 63.3 Å². The number of para-hydroxylation sites is 1. The molecule has 3 aromatic rings. The monoisotopic (exact) mass is 300 g/mol. The van der Waals surface area contributed by atoms with E-state index in [0.29, 0.717) is 4.80 Å². The van der Waals surface area contributed by atoms with Crippen molar-refractivity contribution in [3.8, 4) is 0 Å². The largest absolute Gasteiger partial charge is 0.328 e. The first-order chi connectivity index (χ1) is 10.2. The van der Waals surface area contributed by atoms with Gasteiger partial charge in [-0.05, 0) is 24.3 Å². The molecule has 0 atom stereocenters. The Morgan fingerprint density at radius 1 is 1.29 bits per heavy atom. The van der Waals surface area contributed by atoms with Crippen LogP contribution in [0, 0.1) is 0 Å². The molecule has 3 rings (SSSR count). The number of nitrogens with one attached hydrogen (secondary N) is 2. The third-order valence-electron chi connectivity index (χ3n) is 3.03. The molecule has 0 aliphatic rings. The van der Waals surface area contributed by atoms with Crippen LogP contribution in [0.5, 0.6) is 0 Å². The third-order valence-corrected chi connectivity index (χ3v) is 4.14. The minimum absolute atomic E-state index is 0.0324. The zero-order valence-electron chi connectivity index (χ0n) is 11.2. The van der Waals surface area contributed by atoms with E-state index in [1.54, 1.807) is 6.07 Å². The van der Waals surface area contributed by atoms with Crippen molar-refractivity contribution in [1.29, 1.82) is 0 Å². The van der Waals surface area contributed by atoms with Crippen molar-refractivity contribution in [2.24, 2.45) is 12.1 Å². The highest BCUT2D eigenvalue weighted by Crippen LogP contribution is 2.14. The lowest BCUT2D eigenvalue weighted by atomic mass is 10.3. The summed E-state index contributed by atoms with van der Waals surface area (Å²) in [6, 6.07) is 10.9. The molecule has 21 heavy (non-hydrogen) atoms. The molecule has 1 aromatic carbocycles. The summed E-state index contributed by atoms with van der Waals surface area (Å²) in [4.78, 5) is 26.6. The number of hydrogen-bond acceptors (Lipinski definition) is 4. The van der Waals surface area contributed by atoms with E-state index >= 15 is 0 Å². The van der Waals surface area contributed by atoms with Gasteiger partial charge in [-0.1, -0.05) is 23.5 Å². The Hall–Kier alpha value is -2.67. The van der Waals surface area contributed by atoms with E-state index in [1.807, 2.05) is 35.9 Å². The maximum absolute atomic E-state index is 11.9. The number of fused-ring (bicyclic) bond motifs is 1. The molecule has 7 heteroatoms. The van der Waals surface area contributed by atoms with Crippen LogP contribution in [0.3, 0.4) is 0 Å². The highest BCUT2D eigenvalue weighted by atomic mass is 32.1. The summed E-state index contributed by atoms with van der Waals surface area (Å²) in [6.07, 6.45) is 1.47. The van der Waals surface area contributed by atoms with Crippen LogP contribution < -0.4 is 15.8 Å². The fourth-order valence-electron chi connectivity index (χ4n) is 1.95. The SMILES string of the molecule is Cn1c(=NNC(=O)c2ccc[nH]c2=O)sc2ccccc21. The molecular weight excluding hydrogens is 288 g/mol. The molecular formula is C14H12N4O2S. The first-order valence-corrected chi connectivity index (χ1v) is 7.05. The molecule has 106 valence electrons.